The molecule has 0 amide bonds. The molecule has 3 aromatic carbocycles. The number of aryl methyl sites for hydroxylation is 1. The van der Waals surface area contributed by atoms with Crippen LogP contribution >= 0.6 is 0 Å². The van der Waals surface area contributed by atoms with Crippen LogP contribution in [0.5, 0.6) is 23.0 Å². The molecular weight excluding hydrogens is 366 g/mol. The van der Waals surface area contributed by atoms with Crippen LogP contribution in [0.25, 0.3) is 32.4 Å². The Hall–Kier alpha value is -3.21. The van der Waals surface area contributed by atoms with Gasteiger partial charge in [-0.15, -0.1) is 0 Å². The predicted octanol–water partition coefficient (Wildman–Crippen LogP) is 4.79. The highest BCUT2D eigenvalue weighted by atomic mass is 16.5. The largest absolute Gasteiger partial charge is 0.493 e. The molecule has 0 aliphatic carbocycles. The number of fused-ring (bicyclic) bond motifs is 5. The molecule has 0 atom stereocenters. The van der Waals surface area contributed by atoms with Crippen LogP contribution in [0.2, 0.25) is 0 Å². The number of rotatable bonds is 6. The number of nitrogens with zero attached hydrogens (tertiary/aromatic N) is 1. The molecular formula is C24H26NO4+. The fourth-order valence-electron chi connectivity index (χ4n) is 3.96. The van der Waals surface area contributed by atoms with E-state index in [0.29, 0.717) is 13.2 Å². The van der Waals surface area contributed by atoms with E-state index in [1.807, 2.05) is 26.0 Å². The molecule has 0 N–H and O–H groups in total. The average molecular weight is 392 g/mol. The van der Waals surface area contributed by atoms with E-state index in [-0.39, 0.29) is 0 Å². The van der Waals surface area contributed by atoms with Gasteiger partial charge in [0.05, 0.1) is 43.6 Å². The molecule has 0 saturated carbocycles. The Morgan fingerprint density at radius 2 is 1.28 bits per heavy atom. The van der Waals surface area contributed by atoms with Crippen molar-refractivity contribution < 1.29 is 23.5 Å². The summed E-state index contributed by atoms with van der Waals surface area (Å²) < 4.78 is 24.8. The molecule has 0 fully saturated rings. The van der Waals surface area contributed by atoms with Crippen molar-refractivity contribution in [2.75, 3.05) is 27.4 Å². The fourth-order valence-corrected chi connectivity index (χ4v) is 3.96. The van der Waals surface area contributed by atoms with E-state index in [9.17, 15) is 0 Å². The van der Waals surface area contributed by atoms with Gasteiger partial charge < -0.3 is 18.9 Å². The van der Waals surface area contributed by atoms with Crippen molar-refractivity contribution in [1.29, 1.82) is 0 Å². The summed E-state index contributed by atoms with van der Waals surface area (Å²) in [5.74, 6) is 2.98. The van der Waals surface area contributed by atoms with Gasteiger partial charge in [0.2, 0.25) is 5.52 Å². The van der Waals surface area contributed by atoms with Gasteiger partial charge in [0, 0.05) is 5.39 Å². The third-order valence-electron chi connectivity index (χ3n) is 5.19. The van der Waals surface area contributed by atoms with Gasteiger partial charge in [0.15, 0.2) is 29.2 Å². The van der Waals surface area contributed by atoms with Gasteiger partial charge in [0.25, 0.3) is 0 Å². The highest BCUT2D eigenvalue weighted by Crippen LogP contribution is 2.39. The zero-order valence-corrected chi connectivity index (χ0v) is 17.5. The Labute approximate surface area is 170 Å². The maximum atomic E-state index is 5.87. The zero-order chi connectivity index (χ0) is 20.5. The van der Waals surface area contributed by atoms with E-state index in [0.717, 1.165) is 55.4 Å². The topological polar surface area (TPSA) is 40.8 Å². The molecule has 5 nitrogen and oxygen atoms in total. The van der Waals surface area contributed by atoms with E-state index in [1.54, 1.807) is 14.2 Å². The minimum Gasteiger partial charge on any atom is -0.493 e. The van der Waals surface area contributed by atoms with E-state index in [2.05, 4.69) is 42.1 Å². The molecule has 0 aliphatic rings. The number of hydrogen-bond donors (Lipinski definition) is 0. The van der Waals surface area contributed by atoms with Gasteiger partial charge in [-0.1, -0.05) is 6.07 Å². The molecule has 0 bridgehead atoms. The second-order valence-corrected chi connectivity index (χ2v) is 6.88. The number of hydrogen-bond acceptors (Lipinski definition) is 4. The molecule has 29 heavy (non-hydrogen) atoms. The van der Waals surface area contributed by atoms with Crippen LogP contribution < -0.4 is 23.5 Å². The average Bonchev–Trinajstić information content (AvgIpc) is 2.73. The molecule has 1 heterocycles. The summed E-state index contributed by atoms with van der Waals surface area (Å²) in [5, 5.41) is 5.58. The summed E-state index contributed by atoms with van der Waals surface area (Å²) in [4.78, 5) is 0. The minimum absolute atomic E-state index is 0.586. The first-order chi connectivity index (χ1) is 14.1. The van der Waals surface area contributed by atoms with Gasteiger partial charge in [-0.25, -0.2) is 0 Å². The smallest absolute Gasteiger partial charge is 0.220 e. The first-order valence-electron chi connectivity index (χ1n) is 9.81. The first kappa shape index (κ1) is 19.1. The lowest BCUT2D eigenvalue weighted by Gasteiger charge is -2.14. The third kappa shape index (κ3) is 3.16. The molecule has 150 valence electrons. The number of methoxy groups -OCH3 is 2. The van der Waals surface area contributed by atoms with Gasteiger partial charge in [-0.2, -0.15) is 4.57 Å². The van der Waals surface area contributed by atoms with Crippen molar-refractivity contribution in [2.45, 2.75) is 13.8 Å². The number of benzene rings is 3. The summed E-state index contributed by atoms with van der Waals surface area (Å²) in [5.41, 5.74) is 1.13. The molecule has 0 saturated heterocycles. The molecule has 4 rings (SSSR count). The third-order valence-corrected chi connectivity index (χ3v) is 5.19. The van der Waals surface area contributed by atoms with E-state index in [4.69, 9.17) is 18.9 Å². The van der Waals surface area contributed by atoms with Crippen LogP contribution in [0.3, 0.4) is 0 Å². The normalized spacial score (nSPS) is 11.2. The Morgan fingerprint density at radius 1 is 0.690 bits per heavy atom. The van der Waals surface area contributed by atoms with Crippen molar-refractivity contribution in [3.05, 3.63) is 42.6 Å². The predicted molar refractivity (Wildman–Crippen MR) is 116 cm³/mol. The molecule has 0 unspecified atom stereocenters. The summed E-state index contributed by atoms with van der Waals surface area (Å²) in [6.45, 7) is 5.14. The van der Waals surface area contributed by atoms with E-state index >= 15 is 0 Å². The number of ether oxygens (including phenoxy) is 4. The van der Waals surface area contributed by atoms with Gasteiger partial charge in [-0.3, -0.25) is 0 Å². The van der Waals surface area contributed by atoms with Crippen molar-refractivity contribution >= 4 is 32.4 Å². The lowest BCUT2D eigenvalue weighted by atomic mass is 10.00. The standard InChI is InChI=1S/C24H26NO4/c1-6-28-22-10-15-8-9-17-18-12-21(27-5)20(26-4)11-16(18)14-25(3)24(17)19(15)13-23(22)29-7-2/h8-14H,6-7H2,1-5H3/q+1. The molecule has 0 aliphatic heterocycles. The number of pyridine rings is 1. The maximum absolute atomic E-state index is 5.87. The van der Waals surface area contributed by atoms with Crippen LogP contribution in [0.4, 0.5) is 0 Å². The molecule has 1 aromatic heterocycles. The summed E-state index contributed by atoms with van der Waals surface area (Å²) >= 11 is 0. The molecule has 5 heteroatoms. The Balaban J connectivity index is 2.09. The second kappa shape index (κ2) is 7.66. The van der Waals surface area contributed by atoms with Crippen molar-refractivity contribution in [2.24, 2.45) is 7.05 Å². The number of aromatic nitrogens is 1. The lowest BCUT2D eigenvalue weighted by Crippen LogP contribution is -2.28. The van der Waals surface area contributed by atoms with E-state index in [1.165, 1.54) is 0 Å². The minimum atomic E-state index is 0.586. The Kier molecular flexibility index (Phi) is 5.05. The van der Waals surface area contributed by atoms with Crippen LogP contribution in [-0.4, -0.2) is 27.4 Å². The van der Waals surface area contributed by atoms with Crippen LogP contribution in [0.1, 0.15) is 13.8 Å². The van der Waals surface area contributed by atoms with Crippen LogP contribution in [-0.2, 0) is 7.05 Å². The Bertz CT molecular complexity index is 1220. The zero-order valence-electron chi connectivity index (χ0n) is 17.5. The highest BCUT2D eigenvalue weighted by Gasteiger charge is 2.19. The first-order valence-corrected chi connectivity index (χ1v) is 9.81. The quantitative estimate of drug-likeness (QED) is 0.350. The SMILES string of the molecule is CCOc1cc2ccc3c4cc(OC)c(OC)cc4c[n+](C)c3c2cc1OCC. The van der Waals surface area contributed by atoms with Crippen molar-refractivity contribution in [3.8, 4) is 23.0 Å². The summed E-state index contributed by atoms with van der Waals surface area (Å²) in [6.07, 6.45) is 2.12. The van der Waals surface area contributed by atoms with Crippen molar-refractivity contribution in [3.63, 3.8) is 0 Å². The highest BCUT2D eigenvalue weighted by molar-refractivity contribution is 6.14. The van der Waals surface area contributed by atoms with E-state index < -0.39 is 0 Å². The molecule has 0 spiro atoms. The Morgan fingerprint density at radius 3 is 1.93 bits per heavy atom. The van der Waals surface area contributed by atoms with Crippen LogP contribution in [0.15, 0.2) is 42.6 Å². The monoisotopic (exact) mass is 392 g/mol. The van der Waals surface area contributed by atoms with Gasteiger partial charge >= 0.3 is 0 Å². The fraction of sp³-hybridized carbons (Fsp3) is 0.292. The summed E-state index contributed by atoms with van der Waals surface area (Å²) in [7, 11) is 5.38. The van der Waals surface area contributed by atoms with Gasteiger partial charge in [-0.05, 0) is 49.6 Å². The second-order valence-electron chi connectivity index (χ2n) is 6.88. The maximum Gasteiger partial charge on any atom is 0.220 e. The lowest BCUT2D eigenvalue weighted by molar-refractivity contribution is -0.642. The van der Waals surface area contributed by atoms with Crippen molar-refractivity contribution in [1.82, 2.24) is 0 Å². The molecule has 0 radical (unpaired) electrons. The summed E-state index contributed by atoms with van der Waals surface area (Å²) in [6, 6.07) is 12.5. The van der Waals surface area contributed by atoms with Gasteiger partial charge in [0.1, 0.15) is 7.05 Å². The molecule has 4 aromatic rings. The van der Waals surface area contributed by atoms with Crippen LogP contribution in [0, 0.1) is 0 Å².